The SMILES string of the molecule is C=CCOC(=O)c1cc2cc([C@H](F)P(=O)(O)O)ccc2s1. The predicted octanol–water partition coefficient (Wildman–Crippen LogP) is 3.39. The zero-order valence-electron chi connectivity index (χ0n) is 10.7. The average molecular weight is 330 g/mol. The van der Waals surface area contributed by atoms with Crippen molar-refractivity contribution in [2.45, 2.75) is 5.91 Å². The van der Waals surface area contributed by atoms with Crippen LogP contribution in [0, 0.1) is 0 Å². The topological polar surface area (TPSA) is 83.8 Å². The Morgan fingerprint density at radius 1 is 1.48 bits per heavy atom. The van der Waals surface area contributed by atoms with Gasteiger partial charge in [0, 0.05) is 4.70 Å². The third-order valence-electron chi connectivity index (χ3n) is 2.64. The number of esters is 1. The van der Waals surface area contributed by atoms with Crippen LogP contribution in [0.25, 0.3) is 10.1 Å². The van der Waals surface area contributed by atoms with Gasteiger partial charge in [-0.1, -0.05) is 18.7 Å². The molecule has 112 valence electrons. The highest BCUT2D eigenvalue weighted by molar-refractivity contribution is 7.51. The Morgan fingerprint density at radius 3 is 2.81 bits per heavy atom. The van der Waals surface area contributed by atoms with E-state index in [-0.39, 0.29) is 12.2 Å². The van der Waals surface area contributed by atoms with Crippen LogP contribution in [0.1, 0.15) is 21.1 Å². The van der Waals surface area contributed by atoms with E-state index in [0.29, 0.717) is 15.0 Å². The summed E-state index contributed by atoms with van der Waals surface area (Å²) in [5.74, 6) is -2.90. The number of benzene rings is 1. The van der Waals surface area contributed by atoms with Gasteiger partial charge in [-0.3, -0.25) is 4.57 Å². The number of carbonyl (C=O) groups is 1. The number of hydrogen-bond donors (Lipinski definition) is 2. The van der Waals surface area contributed by atoms with Crippen molar-refractivity contribution in [3.05, 3.63) is 47.4 Å². The highest BCUT2D eigenvalue weighted by Gasteiger charge is 2.30. The number of carbonyl (C=O) groups excluding carboxylic acids is 1. The number of hydrogen-bond acceptors (Lipinski definition) is 4. The molecule has 0 saturated carbocycles. The average Bonchev–Trinajstić information content (AvgIpc) is 2.85. The lowest BCUT2D eigenvalue weighted by molar-refractivity contribution is 0.0555. The second-order valence-electron chi connectivity index (χ2n) is 4.22. The Morgan fingerprint density at radius 2 is 2.19 bits per heavy atom. The van der Waals surface area contributed by atoms with Crippen molar-refractivity contribution in [2.24, 2.45) is 0 Å². The Balaban J connectivity index is 2.34. The van der Waals surface area contributed by atoms with Crippen molar-refractivity contribution in [3.8, 4) is 0 Å². The van der Waals surface area contributed by atoms with E-state index in [9.17, 15) is 13.8 Å². The smallest absolute Gasteiger partial charge is 0.363 e. The zero-order chi connectivity index (χ0) is 15.6. The van der Waals surface area contributed by atoms with Crippen LogP contribution in [0.4, 0.5) is 4.39 Å². The molecule has 0 bridgehead atoms. The maximum absolute atomic E-state index is 13.6. The van der Waals surface area contributed by atoms with Gasteiger partial charge in [0.15, 0.2) is 0 Å². The lowest BCUT2D eigenvalue weighted by Gasteiger charge is -2.09. The second kappa shape index (κ2) is 6.07. The molecule has 0 aliphatic heterocycles. The molecule has 0 aliphatic rings. The molecule has 0 radical (unpaired) electrons. The summed E-state index contributed by atoms with van der Waals surface area (Å²) in [7, 11) is -4.85. The normalized spacial score (nSPS) is 13.1. The highest BCUT2D eigenvalue weighted by atomic mass is 32.1. The van der Waals surface area contributed by atoms with Crippen LogP contribution < -0.4 is 0 Å². The quantitative estimate of drug-likeness (QED) is 0.499. The molecule has 1 heterocycles. The number of ether oxygens (including phenoxy) is 1. The first-order valence-corrected chi connectivity index (χ1v) is 8.33. The fraction of sp³-hybridized carbons (Fsp3) is 0.154. The summed E-state index contributed by atoms with van der Waals surface area (Å²) in [6.07, 6.45) is 1.44. The molecule has 1 aromatic carbocycles. The highest BCUT2D eigenvalue weighted by Crippen LogP contribution is 2.53. The van der Waals surface area contributed by atoms with Crippen LogP contribution in [-0.2, 0) is 9.30 Å². The summed E-state index contributed by atoms with van der Waals surface area (Å²) in [5.41, 5.74) is -0.125. The molecule has 0 unspecified atom stereocenters. The lowest BCUT2D eigenvalue weighted by atomic mass is 10.2. The van der Waals surface area contributed by atoms with Gasteiger partial charge in [0.25, 0.3) is 0 Å². The molecule has 2 N–H and O–H groups in total. The van der Waals surface area contributed by atoms with Gasteiger partial charge in [0.05, 0.1) is 0 Å². The minimum absolute atomic E-state index is 0.0864. The van der Waals surface area contributed by atoms with Crippen molar-refractivity contribution < 1.29 is 28.3 Å². The van der Waals surface area contributed by atoms with E-state index >= 15 is 0 Å². The summed E-state index contributed by atoms with van der Waals surface area (Å²) < 4.78 is 30.2. The number of alkyl halides is 1. The second-order valence-corrected chi connectivity index (χ2v) is 6.94. The maximum atomic E-state index is 13.6. The summed E-state index contributed by atoms with van der Waals surface area (Å²) in [6.45, 7) is 3.52. The van der Waals surface area contributed by atoms with Gasteiger partial charge in [0.1, 0.15) is 11.5 Å². The number of thiophene rings is 1. The first-order valence-electron chi connectivity index (χ1n) is 5.83. The Labute approximate surface area is 123 Å². The first kappa shape index (κ1) is 15.9. The predicted molar refractivity (Wildman–Crippen MR) is 78.2 cm³/mol. The van der Waals surface area contributed by atoms with Gasteiger partial charge < -0.3 is 14.5 Å². The standard InChI is InChI=1S/C13H12FO5PS/c1-2-5-19-13(15)11-7-9-6-8(3-4-10(9)21-11)12(14)20(16,17)18/h2-4,6-7,12H,1,5H2,(H2,16,17,18)/t12-/m1/s1. The molecule has 2 aromatic rings. The fourth-order valence-corrected chi connectivity index (χ4v) is 3.20. The molecule has 0 amide bonds. The number of fused-ring (bicyclic) bond motifs is 1. The van der Waals surface area contributed by atoms with Crippen molar-refractivity contribution in [3.63, 3.8) is 0 Å². The van der Waals surface area contributed by atoms with Crippen LogP contribution in [-0.4, -0.2) is 22.4 Å². The first-order chi connectivity index (χ1) is 9.82. The van der Waals surface area contributed by atoms with Gasteiger partial charge in [-0.25, -0.2) is 9.18 Å². The van der Waals surface area contributed by atoms with Gasteiger partial charge >= 0.3 is 13.6 Å². The minimum Gasteiger partial charge on any atom is -0.457 e. The van der Waals surface area contributed by atoms with Crippen LogP contribution >= 0.6 is 18.9 Å². The number of rotatable bonds is 5. The van der Waals surface area contributed by atoms with Crippen molar-refractivity contribution in [1.82, 2.24) is 0 Å². The Kier molecular flexibility index (Phi) is 4.58. The van der Waals surface area contributed by atoms with E-state index in [1.807, 2.05) is 0 Å². The molecule has 0 aliphatic carbocycles. The van der Waals surface area contributed by atoms with Gasteiger partial charge in [-0.05, 0) is 29.1 Å². The molecule has 1 atom stereocenters. The van der Waals surface area contributed by atoms with Crippen LogP contribution in [0.5, 0.6) is 0 Å². The van der Waals surface area contributed by atoms with Gasteiger partial charge in [-0.15, -0.1) is 11.3 Å². The lowest BCUT2D eigenvalue weighted by Crippen LogP contribution is -2.02. The van der Waals surface area contributed by atoms with Crippen LogP contribution in [0.3, 0.4) is 0 Å². The van der Waals surface area contributed by atoms with Gasteiger partial charge in [0.2, 0.25) is 5.91 Å². The minimum atomic E-state index is -4.85. The van der Waals surface area contributed by atoms with E-state index < -0.39 is 19.5 Å². The summed E-state index contributed by atoms with van der Waals surface area (Å²) in [4.78, 5) is 29.7. The van der Waals surface area contributed by atoms with Crippen LogP contribution in [0.2, 0.25) is 0 Å². The van der Waals surface area contributed by atoms with Crippen molar-refractivity contribution in [1.29, 1.82) is 0 Å². The monoisotopic (exact) mass is 330 g/mol. The maximum Gasteiger partial charge on any atom is 0.363 e. The Hall–Kier alpha value is -1.53. The zero-order valence-corrected chi connectivity index (χ0v) is 12.4. The molecule has 1 aromatic heterocycles. The summed E-state index contributed by atoms with van der Waals surface area (Å²) >= 11 is 1.16. The van der Waals surface area contributed by atoms with E-state index in [1.54, 1.807) is 0 Å². The van der Waals surface area contributed by atoms with E-state index in [1.165, 1.54) is 30.3 Å². The molecule has 0 fully saturated rings. The molecule has 0 spiro atoms. The van der Waals surface area contributed by atoms with Crippen molar-refractivity contribution >= 4 is 35.0 Å². The molecular weight excluding hydrogens is 318 g/mol. The van der Waals surface area contributed by atoms with E-state index in [2.05, 4.69) is 6.58 Å². The largest absolute Gasteiger partial charge is 0.457 e. The molecule has 0 saturated heterocycles. The van der Waals surface area contributed by atoms with Gasteiger partial charge in [-0.2, -0.15) is 0 Å². The Bertz CT molecular complexity index is 735. The summed E-state index contributed by atoms with van der Waals surface area (Å²) in [6, 6.07) is 5.63. The summed E-state index contributed by atoms with van der Waals surface area (Å²) in [5, 5.41) is 0.527. The van der Waals surface area contributed by atoms with Crippen LogP contribution in [0.15, 0.2) is 36.9 Å². The molecule has 2 rings (SSSR count). The molecular formula is C13H12FO5PS. The fourth-order valence-electron chi connectivity index (χ4n) is 1.71. The van der Waals surface area contributed by atoms with Crippen molar-refractivity contribution in [2.75, 3.05) is 6.61 Å². The van der Waals surface area contributed by atoms with E-state index in [0.717, 1.165) is 11.3 Å². The third kappa shape index (κ3) is 3.57. The number of halogens is 1. The van der Waals surface area contributed by atoms with E-state index in [4.69, 9.17) is 14.5 Å². The molecule has 5 nitrogen and oxygen atoms in total. The molecule has 21 heavy (non-hydrogen) atoms. The third-order valence-corrected chi connectivity index (χ3v) is 4.63. The molecule has 8 heteroatoms.